The summed E-state index contributed by atoms with van der Waals surface area (Å²) in [5.41, 5.74) is 1.98. The molecule has 1 aromatic heterocycles. The zero-order chi connectivity index (χ0) is 15.9. The van der Waals surface area contributed by atoms with E-state index in [1.165, 1.54) is 25.7 Å². The van der Waals surface area contributed by atoms with E-state index >= 15 is 0 Å². The minimum absolute atomic E-state index is 0.0713. The number of allylic oxidation sites excluding steroid dienone is 1. The van der Waals surface area contributed by atoms with Crippen LogP contribution < -0.4 is 10.1 Å². The van der Waals surface area contributed by atoms with Gasteiger partial charge in [-0.3, -0.25) is 4.79 Å². The Kier molecular flexibility index (Phi) is 5.67. The third kappa shape index (κ3) is 4.81. The zero-order valence-corrected chi connectivity index (χ0v) is 13.7. The first-order valence-corrected chi connectivity index (χ1v) is 8.90. The molecule has 1 N–H and O–H groups in total. The van der Waals surface area contributed by atoms with Gasteiger partial charge in [0.05, 0.1) is 0 Å². The minimum Gasteiger partial charge on any atom is -0.474 e. The van der Waals surface area contributed by atoms with Crippen LogP contribution in [-0.4, -0.2) is 17.0 Å². The minimum atomic E-state index is 0.0713. The first-order valence-electron chi connectivity index (χ1n) is 8.90. The lowest BCUT2D eigenvalue weighted by Gasteiger charge is -2.13. The first kappa shape index (κ1) is 16.0. The number of nitrogens with zero attached hydrogens (tertiary/aromatic N) is 1. The van der Waals surface area contributed by atoms with Crippen LogP contribution in [0.1, 0.15) is 63.4 Å². The van der Waals surface area contributed by atoms with E-state index in [0.717, 1.165) is 43.2 Å². The molecule has 0 spiro atoms. The van der Waals surface area contributed by atoms with Gasteiger partial charge in [0.25, 0.3) is 0 Å². The Hall–Kier alpha value is -1.84. The lowest BCUT2D eigenvalue weighted by molar-refractivity contribution is -0.117. The van der Waals surface area contributed by atoms with E-state index in [1.54, 1.807) is 6.20 Å². The number of pyridine rings is 1. The normalized spacial score (nSPS) is 19.0. The number of ether oxygens (including phenoxy) is 1. The summed E-state index contributed by atoms with van der Waals surface area (Å²) in [7, 11) is 0. The third-order valence-corrected chi connectivity index (χ3v) is 4.67. The van der Waals surface area contributed by atoms with Crippen LogP contribution in [0.4, 0.5) is 0 Å². The fourth-order valence-corrected chi connectivity index (χ4v) is 3.32. The average Bonchev–Trinajstić information content (AvgIpc) is 2.92. The van der Waals surface area contributed by atoms with Crippen molar-refractivity contribution < 1.29 is 9.53 Å². The number of nitrogens with one attached hydrogen (secondary N) is 1. The van der Waals surface area contributed by atoms with Crippen molar-refractivity contribution in [2.45, 2.75) is 70.4 Å². The Labute approximate surface area is 138 Å². The molecule has 4 heteroatoms. The van der Waals surface area contributed by atoms with Crippen LogP contribution in [0.2, 0.25) is 0 Å². The van der Waals surface area contributed by atoms with Crippen molar-refractivity contribution in [3.63, 3.8) is 0 Å². The number of aromatic nitrogens is 1. The van der Waals surface area contributed by atoms with Crippen molar-refractivity contribution in [3.05, 3.63) is 35.5 Å². The van der Waals surface area contributed by atoms with Crippen LogP contribution in [0.5, 0.6) is 5.88 Å². The Morgan fingerprint density at radius 2 is 2.09 bits per heavy atom. The Morgan fingerprint density at radius 3 is 2.96 bits per heavy atom. The molecule has 0 saturated heterocycles. The third-order valence-electron chi connectivity index (χ3n) is 4.67. The van der Waals surface area contributed by atoms with E-state index in [-0.39, 0.29) is 5.91 Å². The van der Waals surface area contributed by atoms with E-state index < -0.39 is 0 Å². The van der Waals surface area contributed by atoms with Crippen LogP contribution >= 0.6 is 0 Å². The van der Waals surface area contributed by atoms with Gasteiger partial charge in [-0.15, -0.1) is 0 Å². The molecule has 2 aliphatic rings. The van der Waals surface area contributed by atoms with Crippen LogP contribution in [0.25, 0.3) is 0 Å². The molecule has 1 heterocycles. The van der Waals surface area contributed by atoms with Gasteiger partial charge in [-0.25, -0.2) is 4.98 Å². The van der Waals surface area contributed by atoms with E-state index in [2.05, 4.69) is 16.4 Å². The fourth-order valence-electron chi connectivity index (χ4n) is 3.32. The number of rotatable bonds is 5. The van der Waals surface area contributed by atoms with Crippen LogP contribution in [0.3, 0.4) is 0 Å². The standard InChI is InChI=1S/C19H26N2O2/c22-19(16-7-3-1-2-4-8-16)21-14-15-11-12-20-18(13-15)23-17-9-5-6-10-17/h7,11-13,17H,1-6,8-10,14H2,(H,21,22). The smallest absolute Gasteiger partial charge is 0.247 e. The van der Waals surface area contributed by atoms with Crippen molar-refractivity contribution in [2.75, 3.05) is 0 Å². The molecule has 0 unspecified atom stereocenters. The number of hydrogen-bond donors (Lipinski definition) is 1. The highest BCUT2D eigenvalue weighted by atomic mass is 16.5. The molecule has 0 atom stereocenters. The van der Waals surface area contributed by atoms with Crippen LogP contribution in [0.15, 0.2) is 30.0 Å². The summed E-state index contributed by atoms with van der Waals surface area (Å²) in [6.45, 7) is 0.527. The van der Waals surface area contributed by atoms with Gasteiger partial charge >= 0.3 is 0 Å². The molecule has 1 saturated carbocycles. The quantitative estimate of drug-likeness (QED) is 0.896. The molecule has 0 aliphatic heterocycles. The van der Waals surface area contributed by atoms with Gasteiger partial charge in [0, 0.05) is 24.4 Å². The van der Waals surface area contributed by atoms with E-state index in [9.17, 15) is 4.79 Å². The zero-order valence-electron chi connectivity index (χ0n) is 13.7. The number of amides is 1. The van der Waals surface area contributed by atoms with E-state index in [4.69, 9.17) is 4.74 Å². The van der Waals surface area contributed by atoms with Crippen molar-refractivity contribution in [2.24, 2.45) is 0 Å². The lowest BCUT2D eigenvalue weighted by atomic mass is 10.1. The second-order valence-electron chi connectivity index (χ2n) is 6.54. The topological polar surface area (TPSA) is 51.2 Å². The van der Waals surface area contributed by atoms with Gasteiger partial charge in [-0.2, -0.15) is 0 Å². The van der Waals surface area contributed by atoms with Gasteiger partial charge < -0.3 is 10.1 Å². The van der Waals surface area contributed by atoms with Gasteiger partial charge in [0.2, 0.25) is 11.8 Å². The van der Waals surface area contributed by atoms with Crippen LogP contribution in [0, 0.1) is 0 Å². The summed E-state index contributed by atoms with van der Waals surface area (Å²) in [6, 6.07) is 3.88. The maximum atomic E-state index is 12.3. The monoisotopic (exact) mass is 314 g/mol. The molecule has 3 rings (SSSR count). The maximum absolute atomic E-state index is 12.3. The largest absolute Gasteiger partial charge is 0.474 e. The molecule has 4 nitrogen and oxygen atoms in total. The molecule has 0 bridgehead atoms. The highest BCUT2D eigenvalue weighted by Gasteiger charge is 2.17. The molecule has 124 valence electrons. The highest BCUT2D eigenvalue weighted by molar-refractivity contribution is 5.93. The summed E-state index contributed by atoms with van der Waals surface area (Å²) in [5.74, 6) is 0.749. The Bertz CT molecular complexity index is 562. The van der Waals surface area contributed by atoms with Crippen molar-refractivity contribution in [3.8, 4) is 5.88 Å². The van der Waals surface area contributed by atoms with E-state index in [0.29, 0.717) is 18.5 Å². The number of carbonyl (C=O) groups is 1. The predicted molar refractivity (Wildman–Crippen MR) is 90.1 cm³/mol. The Morgan fingerprint density at radius 1 is 1.22 bits per heavy atom. The van der Waals surface area contributed by atoms with E-state index in [1.807, 2.05) is 12.1 Å². The van der Waals surface area contributed by atoms with Crippen LogP contribution in [-0.2, 0) is 11.3 Å². The Balaban J connectivity index is 1.53. The first-order chi connectivity index (χ1) is 11.3. The number of carbonyl (C=O) groups excluding carboxylic acids is 1. The molecule has 1 amide bonds. The molecule has 2 aliphatic carbocycles. The second kappa shape index (κ2) is 8.14. The second-order valence-corrected chi connectivity index (χ2v) is 6.54. The molecular formula is C19H26N2O2. The summed E-state index contributed by atoms with van der Waals surface area (Å²) < 4.78 is 5.92. The molecule has 1 fully saturated rings. The molecular weight excluding hydrogens is 288 g/mol. The average molecular weight is 314 g/mol. The SMILES string of the molecule is O=C(NCc1ccnc(OC2CCCC2)c1)C1=CCCCCC1. The summed E-state index contributed by atoms with van der Waals surface area (Å²) in [6.07, 6.45) is 14.4. The van der Waals surface area contributed by atoms with Crippen molar-refractivity contribution in [1.82, 2.24) is 10.3 Å². The number of hydrogen-bond acceptors (Lipinski definition) is 3. The maximum Gasteiger partial charge on any atom is 0.247 e. The molecule has 23 heavy (non-hydrogen) atoms. The lowest BCUT2D eigenvalue weighted by Crippen LogP contribution is -2.24. The fraction of sp³-hybridized carbons (Fsp3) is 0.579. The highest BCUT2D eigenvalue weighted by Crippen LogP contribution is 2.23. The van der Waals surface area contributed by atoms with Gasteiger partial charge in [0.1, 0.15) is 6.10 Å². The molecule has 0 radical (unpaired) electrons. The predicted octanol–water partition coefficient (Wildman–Crippen LogP) is 3.91. The summed E-state index contributed by atoms with van der Waals surface area (Å²) in [4.78, 5) is 16.5. The van der Waals surface area contributed by atoms with Gasteiger partial charge in [-0.1, -0.05) is 12.5 Å². The molecule has 0 aromatic carbocycles. The van der Waals surface area contributed by atoms with Crippen molar-refractivity contribution >= 4 is 5.91 Å². The van der Waals surface area contributed by atoms with Crippen molar-refractivity contribution in [1.29, 1.82) is 0 Å². The van der Waals surface area contributed by atoms with Gasteiger partial charge in [-0.05, 0) is 63.0 Å². The van der Waals surface area contributed by atoms with Gasteiger partial charge in [0.15, 0.2) is 0 Å². The molecule has 1 aromatic rings. The summed E-state index contributed by atoms with van der Waals surface area (Å²) in [5, 5.41) is 3.03. The summed E-state index contributed by atoms with van der Waals surface area (Å²) >= 11 is 0.